The summed E-state index contributed by atoms with van der Waals surface area (Å²) in [5.41, 5.74) is 0.684. The van der Waals surface area contributed by atoms with Crippen LogP contribution < -0.4 is 4.74 Å². The number of ether oxygens (including phenoxy) is 1. The van der Waals surface area contributed by atoms with Crippen molar-refractivity contribution in [3.63, 3.8) is 0 Å². The molecule has 0 fully saturated rings. The summed E-state index contributed by atoms with van der Waals surface area (Å²) < 4.78 is 5.89. The summed E-state index contributed by atoms with van der Waals surface area (Å²) in [6.07, 6.45) is 2.52. The van der Waals surface area contributed by atoms with E-state index < -0.39 is 4.92 Å². The van der Waals surface area contributed by atoms with Gasteiger partial charge in [0.25, 0.3) is 5.69 Å². The molecule has 0 aromatic heterocycles. The van der Waals surface area contributed by atoms with Crippen LogP contribution in [0.25, 0.3) is 6.08 Å². The van der Waals surface area contributed by atoms with Crippen molar-refractivity contribution in [2.45, 2.75) is 13.3 Å². The largest absolute Gasteiger partial charge is 0.496 e. The topological polar surface area (TPSA) is 81.8 Å². The SMILES string of the molecule is CCCSC1=NC(=Cc2cc([N+](=O)[O-])ccc2OC)C(=O)S1. The van der Waals surface area contributed by atoms with E-state index in [-0.39, 0.29) is 16.5 Å². The lowest BCUT2D eigenvalue weighted by Crippen LogP contribution is -1.94. The highest BCUT2D eigenvalue weighted by molar-refractivity contribution is 8.45. The van der Waals surface area contributed by atoms with Gasteiger partial charge in [0.1, 0.15) is 15.8 Å². The molecule has 0 amide bonds. The van der Waals surface area contributed by atoms with E-state index in [0.717, 1.165) is 23.9 Å². The first kappa shape index (κ1) is 16.6. The average Bonchev–Trinajstić information content (AvgIpc) is 2.85. The van der Waals surface area contributed by atoms with E-state index in [1.54, 1.807) is 0 Å². The molecule has 0 aliphatic carbocycles. The van der Waals surface area contributed by atoms with Crippen molar-refractivity contribution in [2.24, 2.45) is 4.99 Å². The Labute approximate surface area is 136 Å². The maximum Gasteiger partial charge on any atom is 0.270 e. The van der Waals surface area contributed by atoms with Crippen LogP contribution in [0.5, 0.6) is 5.75 Å². The number of non-ortho nitro benzene ring substituents is 1. The highest BCUT2D eigenvalue weighted by Crippen LogP contribution is 2.33. The maximum atomic E-state index is 12.0. The van der Waals surface area contributed by atoms with E-state index in [4.69, 9.17) is 4.74 Å². The Morgan fingerprint density at radius 2 is 2.27 bits per heavy atom. The second kappa shape index (κ2) is 7.46. The molecule has 0 spiro atoms. The zero-order valence-corrected chi connectivity index (χ0v) is 13.7. The Morgan fingerprint density at radius 1 is 1.50 bits per heavy atom. The van der Waals surface area contributed by atoms with Crippen molar-refractivity contribution in [2.75, 3.05) is 12.9 Å². The van der Waals surface area contributed by atoms with Gasteiger partial charge in [0, 0.05) is 17.7 Å². The minimum absolute atomic E-state index is 0.0599. The van der Waals surface area contributed by atoms with Crippen molar-refractivity contribution >= 4 is 44.8 Å². The third-order valence-corrected chi connectivity index (χ3v) is 4.96. The fraction of sp³-hybridized carbons (Fsp3) is 0.286. The van der Waals surface area contributed by atoms with Crippen LogP contribution in [0.1, 0.15) is 18.9 Å². The molecule has 1 aliphatic heterocycles. The van der Waals surface area contributed by atoms with Crippen LogP contribution in [-0.4, -0.2) is 27.3 Å². The van der Waals surface area contributed by atoms with Crippen molar-refractivity contribution in [1.29, 1.82) is 0 Å². The van der Waals surface area contributed by atoms with Gasteiger partial charge in [-0.15, -0.1) is 0 Å². The van der Waals surface area contributed by atoms with Gasteiger partial charge < -0.3 is 4.74 Å². The van der Waals surface area contributed by atoms with Gasteiger partial charge in [-0.3, -0.25) is 14.9 Å². The molecule has 0 bridgehead atoms. The molecule has 22 heavy (non-hydrogen) atoms. The number of carbonyl (C=O) groups is 1. The Balaban J connectivity index is 2.35. The Hall–Kier alpha value is -1.80. The van der Waals surface area contributed by atoms with Crippen molar-refractivity contribution in [3.05, 3.63) is 39.6 Å². The van der Waals surface area contributed by atoms with Gasteiger partial charge in [-0.05, 0) is 36.1 Å². The van der Waals surface area contributed by atoms with Gasteiger partial charge in [-0.25, -0.2) is 4.99 Å². The van der Waals surface area contributed by atoms with Crippen LogP contribution >= 0.6 is 23.5 Å². The number of benzene rings is 1. The smallest absolute Gasteiger partial charge is 0.270 e. The molecule has 0 N–H and O–H groups in total. The molecule has 1 aromatic carbocycles. The summed E-state index contributed by atoms with van der Waals surface area (Å²) >= 11 is 2.62. The number of rotatable bonds is 5. The number of aliphatic imine (C=N–C) groups is 1. The van der Waals surface area contributed by atoms with Gasteiger partial charge >= 0.3 is 0 Å². The quantitative estimate of drug-likeness (QED) is 0.462. The van der Waals surface area contributed by atoms with Gasteiger partial charge in [0.15, 0.2) is 0 Å². The lowest BCUT2D eigenvalue weighted by molar-refractivity contribution is -0.384. The highest BCUT2D eigenvalue weighted by atomic mass is 32.2. The fourth-order valence-corrected chi connectivity index (χ4v) is 3.50. The highest BCUT2D eigenvalue weighted by Gasteiger charge is 2.23. The van der Waals surface area contributed by atoms with E-state index in [1.165, 1.54) is 43.1 Å². The first-order chi connectivity index (χ1) is 10.5. The number of nitro benzene ring substituents is 1. The molecule has 0 unspecified atom stereocenters. The second-order valence-electron chi connectivity index (χ2n) is 4.33. The van der Waals surface area contributed by atoms with E-state index >= 15 is 0 Å². The number of hydrogen-bond acceptors (Lipinski definition) is 7. The van der Waals surface area contributed by atoms with E-state index in [1.807, 2.05) is 0 Å². The number of methoxy groups -OCH3 is 1. The fourth-order valence-electron chi connectivity index (χ4n) is 1.74. The summed E-state index contributed by atoms with van der Waals surface area (Å²) in [7, 11) is 1.47. The maximum absolute atomic E-state index is 12.0. The lowest BCUT2D eigenvalue weighted by atomic mass is 10.1. The van der Waals surface area contributed by atoms with Crippen molar-refractivity contribution in [1.82, 2.24) is 0 Å². The molecule has 1 aliphatic rings. The van der Waals surface area contributed by atoms with Crippen LogP contribution in [0.2, 0.25) is 0 Å². The monoisotopic (exact) mass is 338 g/mol. The average molecular weight is 338 g/mol. The van der Waals surface area contributed by atoms with Gasteiger partial charge in [-0.1, -0.05) is 18.7 Å². The molecule has 6 nitrogen and oxygen atoms in total. The summed E-state index contributed by atoms with van der Waals surface area (Å²) in [4.78, 5) is 26.6. The van der Waals surface area contributed by atoms with Gasteiger partial charge in [0.2, 0.25) is 5.12 Å². The normalized spacial score (nSPS) is 16.0. The van der Waals surface area contributed by atoms with Crippen LogP contribution in [0, 0.1) is 10.1 Å². The zero-order chi connectivity index (χ0) is 16.1. The van der Waals surface area contributed by atoms with E-state index in [9.17, 15) is 14.9 Å². The first-order valence-electron chi connectivity index (χ1n) is 6.53. The summed E-state index contributed by atoms with van der Waals surface area (Å²) in [6.45, 7) is 2.06. The minimum Gasteiger partial charge on any atom is -0.496 e. The number of thioether (sulfide) groups is 2. The molecule has 1 heterocycles. The first-order valence-corrected chi connectivity index (χ1v) is 8.33. The predicted molar refractivity (Wildman–Crippen MR) is 90.4 cm³/mol. The zero-order valence-electron chi connectivity index (χ0n) is 12.1. The number of nitrogens with zero attached hydrogens (tertiary/aromatic N) is 2. The minimum atomic E-state index is -0.488. The molecule has 0 radical (unpaired) electrons. The van der Waals surface area contributed by atoms with E-state index in [2.05, 4.69) is 11.9 Å². The third kappa shape index (κ3) is 3.89. The van der Waals surface area contributed by atoms with Gasteiger partial charge in [0.05, 0.1) is 12.0 Å². The molecule has 0 saturated heterocycles. The molecule has 116 valence electrons. The summed E-state index contributed by atoms with van der Waals surface area (Å²) in [6, 6.07) is 4.24. The number of nitro groups is 1. The van der Waals surface area contributed by atoms with Crippen LogP contribution in [0.3, 0.4) is 0 Å². The number of hydrogen-bond donors (Lipinski definition) is 0. The Bertz CT molecular complexity index is 671. The summed E-state index contributed by atoms with van der Waals surface area (Å²) in [5, 5.41) is 10.7. The van der Waals surface area contributed by atoms with Crippen LogP contribution in [-0.2, 0) is 4.79 Å². The molecule has 0 atom stereocenters. The Morgan fingerprint density at radius 3 is 2.91 bits per heavy atom. The predicted octanol–water partition coefficient (Wildman–Crippen LogP) is 3.72. The lowest BCUT2D eigenvalue weighted by Gasteiger charge is -2.04. The summed E-state index contributed by atoms with van der Waals surface area (Å²) in [5.74, 6) is 1.35. The molecular formula is C14H14N2O4S2. The molecule has 0 saturated carbocycles. The molecule has 8 heteroatoms. The molecule has 1 aromatic rings. The van der Waals surface area contributed by atoms with Gasteiger partial charge in [-0.2, -0.15) is 0 Å². The van der Waals surface area contributed by atoms with Crippen LogP contribution in [0.15, 0.2) is 28.9 Å². The Kier molecular flexibility index (Phi) is 5.62. The standard InChI is InChI=1S/C14H14N2O4S2/c1-3-6-21-14-15-11(13(17)22-14)8-9-7-10(16(18)19)4-5-12(9)20-2/h4-5,7-8H,3,6H2,1-2H3. The molecule has 2 rings (SSSR count). The van der Waals surface area contributed by atoms with Crippen molar-refractivity contribution < 1.29 is 14.5 Å². The van der Waals surface area contributed by atoms with Crippen molar-refractivity contribution in [3.8, 4) is 5.75 Å². The van der Waals surface area contributed by atoms with E-state index in [0.29, 0.717) is 15.7 Å². The molecular weight excluding hydrogens is 324 g/mol. The number of carbonyl (C=O) groups excluding carboxylic acids is 1. The second-order valence-corrected chi connectivity index (χ2v) is 6.63. The third-order valence-electron chi connectivity index (χ3n) is 2.75. The van der Waals surface area contributed by atoms with Crippen LogP contribution in [0.4, 0.5) is 5.69 Å².